The third kappa shape index (κ3) is 2.91. The van der Waals surface area contributed by atoms with Crippen LogP contribution in [-0.2, 0) is 6.42 Å². The van der Waals surface area contributed by atoms with Crippen molar-refractivity contribution in [1.29, 1.82) is 0 Å². The van der Waals surface area contributed by atoms with E-state index >= 15 is 0 Å². The van der Waals surface area contributed by atoms with E-state index in [4.69, 9.17) is 14.6 Å². The van der Waals surface area contributed by atoms with Crippen LogP contribution in [0.1, 0.15) is 40.9 Å². The number of carboxylic acid groups (broad SMARTS) is 1. The van der Waals surface area contributed by atoms with Gasteiger partial charge in [-0.3, -0.25) is 0 Å². The zero-order chi connectivity index (χ0) is 15.5. The van der Waals surface area contributed by atoms with Crippen molar-refractivity contribution in [2.45, 2.75) is 25.9 Å². The van der Waals surface area contributed by atoms with E-state index in [2.05, 4.69) is 0 Å². The second-order valence-electron chi connectivity index (χ2n) is 5.27. The molecule has 0 fully saturated rings. The van der Waals surface area contributed by atoms with E-state index in [1.165, 1.54) is 5.56 Å². The molecule has 4 heteroatoms. The van der Waals surface area contributed by atoms with Crippen molar-refractivity contribution >= 4 is 5.97 Å². The maximum Gasteiger partial charge on any atom is 0.335 e. The normalized spacial score (nSPS) is 16.5. The van der Waals surface area contributed by atoms with Crippen molar-refractivity contribution in [3.05, 3.63) is 59.2 Å². The van der Waals surface area contributed by atoms with Gasteiger partial charge in [0.15, 0.2) is 0 Å². The highest BCUT2D eigenvalue weighted by atomic mass is 16.5. The predicted octanol–water partition coefficient (Wildman–Crippen LogP) is 3.85. The van der Waals surface area contributed by atoms with E-state index in [-0.39, 0.29) is 6.10 Å². The first-order valence-corrected chi connectivity index (χ1v) is 7.43. The fourth-order valence-corrected chi connectivity index (χ4v) is 2.68. The number of rotatable bonds is 4. The van der Waals surface area contributed by atoms with Gasteiger partial charge in [-0.25, -0.2) is 4.79 Å². The summed E-state index contributed by atoms with van der Waals surface area (Å²) in [6.07, 6.45) is 1.77. The summed E-state index contributed by atoms with van der Waals surface area (Å²) < 4.78 is 11.6. The highest BCUT2D eigenvalue weighted by molar-refractivity contribution is 5.87. The largest absolute Gasteiger partial charge is 0.494 e. The SMILES string of the molecule is CCOc1ccc2c(c1)OC(c1ccc(C(=O)O)cc1)CC2. The summed E-state index contributed by atoms with van der Waals surface area (Å²) >= 11 is 0. The second kappa shape index (κ2) is 6.10. The lowest BCUT2D eigenvalue weighted by Crippen LogP contribution is -2.15. The van der Waals surface area contributed by atoms with Gasteiger partial charge in [0.2, 0.25) is 0 Å². The van der Waals surface area contributed by atoms with Crippen molar-refractivity contribution in [2.75, 3.05) is 6.61 Å². The van der Waals surface area contributed by atoms with Crippen LogP contribution in [0.2, 0.25) is 0 Å². The Morgan fingerprint density at radius 2 is 2.05 bits per heavy atom. The number of aromatic carboxylic acids is 1. The van der Waals surface area contributed by atoms with Crippen molar-refractivity contribution < 1.29 is 19.4 Å². The van der Waals surface area contributed by atoms with Crippen LogP contribution < -0.4 is 9.47 Å². The van der Waals surface area contributed by atoms with Crippen LogP contribution in [0.3, 0.4) is 0 Å². The minimum atomic E-state index is -0.914. The molecule has 0 spiro atoms. The topological polar surface area (TPSA) is 55.8 Å². The summed E-state index contributed by atoms with van der Waals surface area (Å²) in [5.74, 6) is 0.746. The van der Waals surface area contributed by atoms with Crippen LogP contribution in [0, 0.1) is 0 Å². The van der Waals surface area contributed by atoms with Crippen LogP contribution in [0.15, 0.2) is 42.5 Å². The number of carboxylic acids is 1. The van der Waals surface area contributed by atoms with Crippen LogP contribution >= 0.6 is 0 Å². The Hall–Kier alpha value is -2.49. The molecule has 3 rings (SSSR count). The number of aryl methyl sites for hydroxylation is 1. The van der Waals surface area contributed by atoms with E-state index < -0.39 is 5.97 Å². The molecule has 1 heterocycles. The average Bonchev–Trinajstić information content (AvgIpc) is 2.54. The van der Waals surface area contributed by atoms with E-state index in [0.29, 0.717) is 12.2 Å². The molecule has 0 saturated carbocycles. The number of carbonyl (C=O) groups is 1. The quantitative estimate of drug-likeness (QED) is 0.931. The summed E-state index contributed by atoms with van der Waals surface area (Å²) in [5, 5.41) is 8.95. The van der Waals surface area contributed by atoms with E-state index in [1.807, 2.05) is 37.3 Å². The maximum absolute atomic E-state index is 10.9. The maximum atomic E-state index is 10.9. The summed E-state index contributed by atoms with van der Waals surface area (Å²) in [7, 11) is 0. The summed E-state index contributed by atoms with van der Waals surface area (Å²) in [6.45, 7) is 2.58. The first-order valence-electron chi connectivity index (χ1n) is 7.43. The highest BCUT2D eigenvalue weighted by Crippen LogP contribution is 2.37. The average molecular weight is 298 g/mol. The first-order chi connectivity index (χ1) is 10.7. The molecular formula is C18H18O4. The number of hydrogen-bond acceptors (Lipinski definition) is 3. The number of hydrogen-bond donors (Lipinski definition) is 1. The molecular weight excluding hydrogens is 280 g/mol. The van der Waals surface area contributed by atoms with Gasteiger partial charge < -0.3 is 14.6 Å². The zero-order valence-electron chi connectivity index (χ0n) is 12.4. The van der Waals surface area contributed by atoms with Gasteiger partial charge in [0.25, 0.3) is 0 Å². The molecule has 1 atom stereocenters. The Bertz CT molecular complexity index is 676. The Morgan fingerprint density at radius 1 is 1.27 bits per heavy atom. The van der Waals surface area contributed by atoms with Gasteiger partial charge in [0.1, 0.15) is 17.6 Å². The Kier molecular flexibility index (Phi) is 4.00. The molecule has 0 bridgehead atoms. The van der Waals surface area contributed by atoms with Crippen LogP contribution in [0.4, 0.5) is 0 Å². The molecule has 2 aromatic rings. The monoisotopic (exact) mass is 298 g/mol. The van der Waals surface area contributed by atoms with E-state index in [1.54, 1.807) is 12.1 Å². The molecule has 4 nitrogen and oxygen atoms in total. The van der Waals surface area contributed by atoms with Crippen molar-refractivity contribution in [3.8, 4) is 11.5 Å². The fourth-order valence-electron chi connectivity index (χ4n) is 2.68. The van der Waals surface area contributed by atoms with Gasteiger partial charge in [-0.05, 0) is 49.1 Å². The number of ether oxygens (including phenoxy) is 2. The molecule has 0 aromatic heterocycles. The van der Waals surface area contributed by atoms with Crippen molar-refractivity contribution in [2.24, 2.45) is 0 Å². The van der Waals surface area contributed by atoms with Gasteiger partial charge in [-0.15, -0.1) is 0 Å². The predicted molar refractivity (Wildman–Crippen MR) is 82.7 cm³/mol. The van der Waals surface area contributed by atoms with Crippen LogP contribution in [0.5, 0.6) is 11.5 Å². The highest BCUT2D eigenvalue weighted by Gasteiger charge is 2.22. The Labute approximate surface area is 129 Å². The van der Waals surface area contributed by atoms with Gasteiger partial charge in [0, 0.05) is 6.07 Å². The van der Waals surface area contributed by atoms with Gasteiger partial charge in [-0.1, -0.05) is 18.2 Å². The lowest BCUT2D eigenvalue weighted by atomic mass is 9.97. The molecule has 1 aliphatic heterocycles. The standard InChI is InChI=1S/C18H18O4/c1-2-21-15-9-7-13-8-10-16(22-17(13)11-15)12-3-5-14(6-4-12)18(19)20/h3-7,9,11,16H,2,8,10H2,1H3,(H,19,20). The third-order valence-electron chi connectivity index (χ3n) is 3.82. The molecule has 0 radical (unpaired) electrons. The van der Waals surface area contributed by atoms with Crippen molar-refractivity contribution in [3.63, 3.8) is 0 Å². The number of fused-ring (bicyclic) bond motifs is 1. The van der Waals surface area contributed by atoms with Crippen LogP contribution in [-0.4, -0.2) is 17.7 Å². The molecule has 0 aliphatic carbocycles. The molecule has 0 amide bonds. The molecule has 0 saturated heterocycles. The Balaban J connectivity index is 1.80. The lowest BCUT2D eigenvalue weighted by molar-refractivity contribution is 0.0696. The lowest BCUT2D eigenvalue weighted by Gasteiger charge is -2.27. The first kappa shape index (κ1) is 14.4. The Morgan fingerprint density at radius 3 is 2.73 bits per heavy atom. The molecule has 2 aromatic carbocycles. The fraction of sp³-hybridized carbons (Fsp3) is 0.278. The van der Waals surface area contributed by atoms with E-state index in [0.717, 1.165) is 29.9 Å². The minimum Gasteiger partial charge on any atom is -0.494 e. The summed E-state index contributed by atoms with van der Waals surface area (Å²) in [4.78, 5) is 10.9. The number of benzene rings is 2. The zero-order valence-corrected chi connectivity index (χ0v) is 12.4. The van der Waals surface area contributed by atoms with Crippen LogP contribution in [0.25, 0.3) is 0 Å². The molecule has 22 heavy (non-hydrogen) atoms. The minimum absolute atomic E-state index is 0.0489. The third-order valence-corrected chi connectivity index (χ3v) is 3.82. The van der Waals surface area contributed by atoms with E-state index in [9.17, 15) is 4.79 Å². The molecule has 1 aliphatic rings. The second-order valence-corrected chi connectivity index (χ2v) is 5.27. The summed E-state index contributed by atoms with van der Waals surface area (Å²) in [5.41, 5.74) is 2.47. The molecule has 1 N–H and O–H groups in total. The smallest absolute Gasteiger partial charge is 0.335 e. The summed E-state index contributed by atoms with van der Waals surface area (Å²) in [6, 6.07) is 12.8. The van der Waals surface area contributed by atoms with Gasteiger partial charge in [0.05, 0.1) is 12.2 Å². The van der Waals surface area contributed by atoms with Gasteiger partial charge >= 0.3 is 5.97 Å². The molecule has 114 valence electrons. The van der Waals surface area contributed by atoms with Gasteiger partial charge in [-0.2, -0.15) is 0 Å². The van der Waals surface area contributed by atoms with Crippen molar-refractivity contribution in [1.82, 2.24) is 0 Å². The molecule has 1 unspecified atom stereocenters.